The second kappa shape index (κ2) is 6.48. The Morgan fingerprint density at radius 2 is 1.82 bits per heavy atom. The van der Waals surface area contributed by atoms with Crippen LogP contribution < -0.4 is 0 Å². The fraction of sp³-hybridized carbons (Fsp3) is 0.0714. The van der Waals surface area contributed by atoms with Crippen LogP contribution in [-0.2, 0) is 6.18 Å². The van der Waals surface area contributed by atoms with Crippen molar-refractivity contribution >= 4 is 51.0 Å². The lowest BCUT2D eigenvalue weighted by Gasteiger charge is -2.08. The summed E-state index contributed by atoms with van der Waals surface area (Å²) in [4.78, 5) is 3.90. The molecule has 0 heterocycles. The molecule has 1 N–H and O–H groups in total. The van der Waals surface area contributed by atoms with Crippen LogP contribution in [0.3, 0.4) is 0 Å². The van der Waals surface area contributed by atoms with Gasteiger partial charge in [0.25, 0.3) is 0 Å². The van der Waals surface area contributed by atoms with Gasteiger partial charge in [-0.05, 0) is 46.3 Å². The monoisotopic (exact) mass is 411 g/mol. The Labute approximate surface area is 142 Å². The van der Waals surface area contributed by atoms with Crippen molar-refractivity contribution in [3.05, 3.63) is 56.0 Å². The van der Waals surface area contributed by atoms with Gasteiger partial charge in [0.2, 0.25) is 0 Å². The average molecular weight is 413 g/mol. The van der Waals surface area contributed by atoms with Gasteiger partial charge in [-0.1, -0.05) is 23.2 Å². The quantitative estimate of drug-likeness (QED) is 0.582. The van der Waals surface area contributed by atoms with Crippen molar-refractivity contribution in [2.75, 3.05) is 0 Å². The van der Waals surface area contributed by atoms with E-state index in [1.165, 1.54) is 18.3 Å². The minimum Gasteiger partial charge on any atom is -0.506 e. The van der Waals surface area contributed by atoms with Crippen molar-refractivity contribution in [3.8, 4) is 5.75 Å². The van der Waals surface area contributed by atoms with Crippen LogP contribution in [0, 0.1) is 0 Å². The number of rotatable bonds is 2. The first-order valence-electron chi connectivity index (χ1n) is 5.77. The van der Waals surface area contributed by atoms with Gasteiger partial charge < -0.3 is 5.11 Å². The standard InChI is InChI=1S/C14H7BrCl2F3NO/c15-10-5-9(16)3-7(13(10)22)6-21-12-4-8(14(18,19)20)1-2-11(12)17/h1-6,22H. The minimum absolute atomic E-state index is 0.0600. The molecular weight excluding hydrogens is 406 g/mol. The molecule has 0 unspecified atom stereocenters. The van der Waals surface area contributed by atoms with Crippen molar-refractivity contribution in [1.29, 1.82) is 0 Å². The number of aromatic hydroxyl groups is 1. The zero-order chi connectivity index (χ0) is 16.5. The molecule has 0 radical (unpaired) electrons. The Kier molecular flexibility index (Phi) is 5.04. The molecule has 0 bridgehead atoms. The van der Waals surface area contributed by atoms with Crippen LogP contribution in [0.25, 0.3) is 0 Å². The van der Waals surface area contributed by atoms with E-state index >= 15 is 0 Å². The fourth-order valence-electron chi connectivity index (χ4n) is 1.61. The fourth-order valence-corrected chi connectivity index (χ4v) is 2.61. The van der Waals surface area contributed by atoms with Gasteiger partial charge in [0, 0.05) is 16.8 Å². The second-order valence-electron chi connectivity index (χ2n) is 4.25. The third-order valence-corrected chi connectivity index (χ3v) is 3.82. The van der Waals surface area contributed by atoms with Gasteiger partial charge in [-0.15, -0.1) is 0 Å². The lowest BCUT2D eigenvalue weighted by Crippen LogP contribution is -2.04. The van der Waals surface area contributed by atoms with Crippen molar-refractivity contribution in [2.45, 2.75) is 6.18 Å². The van der Waals surface area contributed by atoms with Crippen LogP contribution >= 0.6 is 39.1 Å². The van der Waals surface area contributed by atoms with Crippen LogP contribution in [0.1, 0.15) is 11.1 Å². The Bertz CT molecular complexity index is 748. The first-order chi connectivity index (χ1) is 10.2. The molecule has 0 aliphatic heterocycles. The molecule has 0 atom stereocenters. The number of hydrogen-bond acceptors (Lipinski definition) is 2. The summed E-state index contributed by atoms with van der Waals surface area (Å²) in [5.74, 6) is -0.128. The smallest absolute Gasteiger partial charge is 0.416 e. The molecule has 0 amide bonds. The average Bonchev–Trinajstić information content (AvgIpc) is 2.41. The maximum absolute atomic E-state index is 12.7. The molecule has 2 aromatic rings. The van der Waals surface area contributed by atoms with E-state index in [2.05, 4.69) is 20.9 Å². The van der Waals surface area contributed by atoms with Crippen molar-refractivity contribution in [3.63, 3.8) is 0 Å². The zero-order valence-corrected chi connectivity index (χ0v) is 13.7. The summed E-state index contributed by atoms with van der Waals surface area (Å²) in [5, 5.41) is 10.2. The number of hydrogen-bond donors (Lipinski definition) is 1. The van der Waals surface area contributed by atoms with Gasteiger partial charge in [0.15, 0.2) is 0 Å². The van der Waals surface area contributed by atoms with Crippen LogP contribution in [0.2, 0.25) is 10.0 Å². The highest BCUT2D eigenvalue weighted by atomic mass is 79.9. The highest BCUT2D eigenvalue weighted by Gasteiger charge is 2.30. The predicted molar refractivity (Wildman–Crippen MR) is 84.5 cm³/mol. The van der Waals surface area contributed by atoms with Crippen LogP contribution in [0.15, 0.2) is 39.8 Å². The van der Waals surface area contributed by atoms with Crippen LogP contribution in [-0.4, -0.2) is 11.3 Å². The van der Waals surface area contributed by atoms with Crippen molar-refractivity contribution < 1.29 is 18.3 Å². The maximum atomic E-state index is 12.7. The SMILES string of the molecule is Oc1c(Br)cc(Cl)cc1C=Nc1cc(C(F)(F)F)ccc1Cl. The van der Waals surface area contributed by atoms with E-state index in [4.69, 9.17) is 23.2 Å². The molecule has 0 aromatic heterocycles. The molecule has 0 aliphatic rings. The number of halogens is 6. The number of alkyl halides is 3. The van der Waals surface area contributed by atoms with Gasteiger partial charge in [-0.25, -0.2) is 0 Å². The molecule has 2 nitrogen and oxygen atoms in total. The van der Waals surface area contributed by atoms with Gasteiger partial charge in [0.1, 0.15) is 5.75 Å². The molecule has 2 aromatic carbocycles. The zero-order valence-electron chi connectivity index (χ0n) is 10.6. The van der Waals surface area contributed by atoms with Crippen LogP contribution in [0.4, 0.5) is 18.9 Å². The van der Waals surface area contributed by atoms with Crippen molar-refractivity contribution in [2.24, 2.45) is 4.99 Å². The third kappa shape index (κ3) is 3.94. The molecular formula is C14H7BrCl2F3NO. The summed E-state index contributed by atoms with van der Waals surface area (Å²) in [6.45, 7) is 0. The molecule has 2 rings (SSSR count). The van der Waals surface area contributed by atoms with Gasteiger partial charge in [-0.2, -0.15) is 13.2 Å². The van der Waals surface area contributed by atoms with E-state index in [9.17, 15) is 18.3 Å². The second-order valence-corrected chi connectivity index (χ2v) is 5.95. The molecule has 22 heavy (non-hydrogen) atoms. The molecule has 0 spiro atoms. The summed E-state index contributed by atoms with van der Waals surface area (Å²) in [5.41, 5.74) is -0.680. The maximum Gasteiger partial charge on any atom is 0.416 e. The van der Waals surface area contributed by atoms with Crippen LogP contribution in [0.5, 0.6) is 5.75 Å². The van der Waals surface area contributed by atoms with E-state index < -0.39 is 11.7 Å². The Morgan fingerprint density at radius 3 is 2.45 bits per heavy atom. The van der Waals surface area contributed by atoms with E-state index in [0.29, 0.717) is 9.50 Å². The predicted octanol–water partition coefficient (Wildman–Crippen LogP) is 6.23. The number of benzene rings is 2. The molecule has 0 saturated heterocycles. The van der Waals surface area contributed by atoms with E-state index in [-0.39, 0.29) is 22.0 Å². The summed E-state index contributed by atoms with van der Waals surface area (Å²) in [7, 11) is 0. The highest BCUT2D eigenvalue weighted by Crippen LogP contribution is 2.35. The first-order valence-corrected chi connectivity index (χ1v) is 7.32. The van der Waals surface area contributed by atoms with Gasteiger partial charge >= 0.3 is 6.18 Å². The van der Waals surface area contributed by atoms with Crippen molar-refractivity contribution in [1.82, 2.24) is 0 Å². The Hall–Kier alpha value is -1.24. The topological polar surface area (TPSA) is 32.6 Å². The van der Waals surface area contributed by atoms with E-state index in [0.717, 1.165) is 18.2 Å². The highest BCUT2D eigenvalue weighted by molar-refractivity contribution is 9.10. The third-order valence-electron chi connectivity index (χ3n) is 2.67. The molecule has 0 aliphatic carbocycles. The minimum atomic E-state index is -4.49. The summed E-state index contributed by atoms with van der Waals surface area (Å²) < 4.78 is 38.4. The lowest BCUT2D eigenvalue weighted by molar-refractivity contribution is -0.137. The Morgan fingerprint density at radius 1 is 1.14 bits per heavy atom. The van der Waals surface area contributed by atoms with Gasteiger partial charge in [0.05, 0.1) is 20.7 Å². The number of nitrogens with zero attached hydrogens (tertiary/aromatic N) is 1. The molecule has 116 valence electrons. The summed E-state index contributed by atoms with van der Waals surface area (Å²) >= 11 is 14.8. The lowest BCUT2D eigenvalue weighted by atomic mass is 10.2. The van der Waals surface area contributed by atoms with E-state index in [1.807, 2.05) is 0 Å². The largest absolute Gasteiger partial charge is 0.506 e. The Balaban J connectivity index is 2.43. The molecule has 0 saturated carbocycles. The van der Waals surface area contributed by atoms with E-state index in [1.54, 1.807) is 0 Å². The first kappa shape index (κ1) is 17.1. The normalized spacial score (nSPS) is 12.1. The van der Waals surface area contributed by atoms with Gasteiger partial charge in [-0.3, -0.25) is 4.99 Å². The summed E-state index contributed by atoms with van der Waals surface area (Å²) in [6.07, 6.45) is -3.30. The number of aliphatic imine (C=N–C) groups is 1. The molecule has 0 fully saturated rings. The summed E-state index contributed by atoms with van der Waals surface area (Å²) in [6, 6.07) is 5.72. The molecule has 8 heteroatoms. The number of phenols is 1. The number of phenolic OH excluding ortho intramolecular Hbond substituents is 1.